The van der Waals surface area contributed by atoms with Gasteiger partial charge in [0, 0.05) is 12.4 Å². The van der Waals surface area contributed by atoms with E-state index in [9.17, 15) is 0 Å². The van der Waals surface area contributed by atoms with Crippen LogP contribution in [0.1, 0.15) is 5.56 Å². The maximum atomic E-state index is 3.99. The van der Waals surface area contributed by atoms with Crippen molar-refractivity contribution in [3.63, 3.8) is 0 Å². The van der Waals surface area contributed by atoms with E-state index in [0.717, 1.165) is 5.56 Å². The van der Waals surface area contributed by atoms with Gasteiger partial charge in [-0.15, -0.1) is 5.73 Å². The second-order valence-corrected chi connectivity index (χ2v) is 3.21. The SMILES string of the molecule is C=C=Cc1ccc(-c2ccncc2)cc1. The van der Waals surface area contributed by atoms with Crippen LogP contribution in [0.3, 0.4) is 0 Å². The first-order chi connectivity index (χ1) is 7.40. The Morgan fingerprint density at radius 2 is 1.53 bits per heavy atom. The van der Waals surface area contributed by atoms with Crippen molar-refractivity contribution in [2.24, 2.45) is 0 Å². The summed E-state index contributed by atoms with van der Waals surface area (Å²) in [5.74, 6) is 0. The number of rotatable bonds is 2. The minimum Gasteiger partial charge on any atom is -0.265 e. The maximum Gasteiger partial charge on any atom is 0.0273 e. The zero-order valence-corrected chi connectivity index (χ0v) is 8.35. The number of aromatic nitrogens is 1. The first kappa shape index (κ1) is 9.45. The summed E-state index contributed by atoms with van der Waals surface area (Å²) in [7, 11) is 0. The third kappa shape index (κ3) is 2.22. The molecule has 0 saturated heterocycles. The van der Waals surface area contributed by atoms with Gasteiger partial charge in [-0.1, -0.05) is 30.8 Å². The van der Waals surface area contributed by atoms with Crippen molar-refractivity contribution in [3.05, 3.63) is 66.7 Å². The van der Waals surface area contributed by atoms with Gasteiger partial charge in [0.1, 0.15) is 0 Å². The van der Waals surface area contributed by atoms with Gasteiger partial charge in [-0.2, -0.15) is 0 Å². The first-order valence-electron chi connectivity index (χ1n) is 4.76. The highest BCUT2D eigenvalue weighted by molar-refractivity contribution is 5.64. The fourth-order valence-electron chi connectivity index (χ4n) is 1.43. The van der Waals surface area contributed by atoms with Gasteiger partial charge < -0.3 is 0 Å². The Hall–Kier alpha value is -2.11. The number of hydrogen-bond donors (Lipinski definition) is 0. The van der Waals surface area contributed by atoms with Crippen LogP contribution in [0.5, 0.6) is 0 Å². The van der Waals surface area contributed by atoms with Crippen LogP contribution >= 0.6 is 0 Å². The van der Waals surface area contributed by atoms with Crippen molar-refractivity contribution in [1.82, 2.24) is 4.98 Å². The molecule has 0 N–H and O–H groups in total. The van der Waals surface area contributed by atoms with Crippen LogP contribution < -0.4 is 0 Å². The van der Waals surface area contributed by atoms with Gasteiger partial charge >= 0.3 is 0 Å². The summed E-state index contributed by atoms with van der Waals surface area (Å²) in [5, 5.41) is 0. The van der Waals surface area contributed by atoms with E-state index in [-0.39, 0.29) is 0 Å². The lowest BCUT2D eigenvalue weighted by Gasteiger charge is -2.00. The van der Waals surface area contributed by atoms with E-state index < -0.39 is 0 Å². The highest BCUT2D eigenvalue weighted by Gasteiger charge is 1.95. The molecule has 0 aliphatic rings. The maximum absolute atomic E-state index is 3.99. The fourth-order valence-corrected chi connectivity index (χ4v) is 1.43. The molecule has 0 unspecified atom stereocenters. The molecule has 0 saturated carbocycles. The topological polar surface area (TPSA) is 12.9 Å². The molecule has 1 heteroatoms. The Kier molecular flexibility index (Phi) is 2.77. The van der Waals surface area contributed by atoms with Gasteiger partial charge in [0.25, 0.3) is 0 Å². The highest BCUT2D eigenvalue weighted by atomic mass is 14.6. The molecule has 0 aliphatic carbocycles. The zero-order valence-electron chi connectivity index (χ0n) is 8.35. The zero-order chi connectivity index (χ0) is 10.5. The van der Waals surface area contributed by atoms with E-state index in [1.807, 2.05) is 30.3 Å². The molecule has 1 aromatic heterocycles. The fraction of sp³-hybridized carbons (Fsp3) is 0. The standard InChI is InChI=1S/C14H11N/c1-2-3-12-4-6-13(7-5-12)14-8-10-15-11-9-14/h3-11H,1H2. The molecule has 0 aliphatic heterocycles. The van der Waals surface area contributed by atoms with Gasteiger partial charge in [-0.25, -0.2) is 0 Å². The molecule has 1 nitrogen and oxygen atoms in total. The summed E-state index contributed by atoms with van der Waals surface area (Å²) < 4.78 is 0. The predicted molar refractivity (Wildman–Crippen MR) is 63.3 cm³/mol. The van der Waals surface area contributed by atoms with E-state index in [2.05, 4.69) is 29.4 Å². The van der Waals surface area contributed by atoms with E-state index in [4.69, 9.17) is 0 Å². The van der Waals surface area contributed by atoms with Crippen LogP contribution in [-0.4, -0.2) is 4.98 Å². The summed E-state index contributed by atoms with van der Waals surface area (Å²) in [6, 6.07) is 12.3. The normalized spacial score (nSPS) is 9.33. The molecule has 0 bridgehead atoms. The van der Waals surface area contributed by atoms with Gasteiger partial charge in [0.2, 0.25) is 0 Å². The average molecular weight is 193 g/mol. The molecular formula is C14H11N. The molecule has 0 amide bonds. The van der Waals surface area contributed by atoms with Crippen LogP contribution in [0.25, 0.3) is 17.2 Å². The lowest BCUT2D eigenvalue weighted by atomic mass is 10.1. The second kappa shape index (κ2) is 4.41. The number of pyridine rings is 1. The van der Waals surface area contributed by atoms with E-state index in [0.29, 0.717) is 0 Å². The Bertz CT molecular complexity index is 477. The molecule has 0 atom stereocenters. The van der Waals surface area contributed by atoms with Crippen molar-refractivity contribution in [2.45, 2.75) is 0 Å². The Morgan fingerprint density at radius 1 is 0.933 bits per heavy atom. The van der Waals surface area contributed by atoms with Crippen molar-refractivity contribution in [2.75, 3.05) is 0 Å². The summed E-state index contributed by atoms with van der Waals surface area (Å²) in [5.41, 5.74) is 6.24. The van der Waals surface area contributed by atoms with Crippen LogP contribution in [0.4, 0.5) is 0 Å². The largest absolute Gasteiger partial charge is 0.265 e. The van der Waals surface area contributed by atoms with Crippen molar-refractivity contribution >= 4 is 6.08 Å². The van der Waals surface area contributed by atoms with Crippen LogP contribution in [0.2, 0.25) is 0 Å². The van der Waals surface area contributed by atoms with Crippen LogP contribution in [-0.2, 0) is 0 Å². The van der Waals surface area contributed by atoms with E-state index in [1.54, 1.807) is 12.4 Å². The summed E-state index contributed by atoms with van der Waals surface area (Å²) >= 11 is 0. The third-order valence-corrected chi connectivity index (χ3v) is 2.19. The van der Waals surface area contributed by atoms with Crippen molar-refractivity contribution < 1.29 is 0 Å². The molecule has 0 spiro atoms. The Morgan fingerprint density at radius 3 is 2.13 bits per heavy atom. The van der Waals surface area contributed by atoms with Crippen molar-refractivity contribution in [3.8, 4) is 11.1 Å². The van der Waals surface area contributed by atoms with E-state index >= 15 is 0 Å². The van der Waals surface area contributed by atoms with E-state index in [1.165, 1.54) is 11.1 Å². The van der Waals surface area contributed by atoms with Gasteiger partial charge in [0.15, 0.2) is 0 Å². The number of benzene rings is 1. The Balaban J connectivity index is 2.36. The average Bonchev–Trinajstić information content (AvgIpc) is 2.32. The van der Waals surface area contributed by atoms with Crippen LogP contribution in [0.15, 0.2) is 61.1 Å². The number of nitrogens with zero attached hydrogens (tertiary/aromatic N) is 1. The quantitative estimate of drug-likeness (QED) is 0.665. The van der Waals surface area contributed by atoms with Gasteiger partial charge in [-0.3, -0.25) is 4.98 Å². The van der Waals surface area contributed by atoms with Gasteiger partial charge in [-0.05, 0) is 34.9 Å². The third-order valence-electron chi connectivity index (χ3n) is 2.19. The lowest BCUT2D eigenvalue weighted by Crippen LogP contribution is -1.78. The van der Waals surface area contributed by atoms with Crippen molar-refractivity contribution in [1.29, 1.82) is 0 Å². The second-order valence-electron chi connectivity index (χ2n) is 3.21. The minimum absolute atomic E-state index is 1.11. The van der Waals surface area contributed by atoms with Gasteiger partial charge in [0.05, 0.1) is 0 Å². The Labute approximate surface area is 89.4 Å². The minimum atomic E-state index is 1.11. The van der Waals surface area contributed by atoms with Crippen LogP contribution in [0, 0.1) is 0 Å². The highest BCUT2D eigenvalue weighted by Crippen LogP contribution is 2.18. The molecule has 2 aromatic rings. The molecule has 0 radical (unpaired) electrons. The molecule has 0 fully saturated rings. The molecule has 1 heterocycles. The number of hydrogen-bond acceptors (Lipinski definition) is 1. The first-order valence-corrected chi connectivity index (χ1v) is 4.76. The summed E-state index contributed by atoms with van der Waals surface area (Å²) in [6.07, 6.45) is 5.45. The predicted octanol–water partition coefficient (Wildman–Crippen LogP) is 3.55. The summed E-state index contributed by atoms with van der Waals surface area (Å²) in [4.78, 5) is 3.99. The molecule has 72 valence electrons. The molecule has 1 aromatic carbocycles. The molecule has 15 heavy (non-hydrogen) atoms. The molecular weight excluding hydrogens is 182 g/mol. The monoisotopic (exact) mass is 193 g/mol. The summed E-state index contributed by atoms with van der Waals surface area (Å²) in [6.45, 7) is 3.55. The lowest BCUT2D eigenvalue weighted by molar-refractivity contribution is 1.33. The smallest absolute Gasteiger partial charge is 0.0273 e. The molecule has 2 rings (SSSR count).